The lowest BCUT2D eigenvalue weighted by molar-refractivity contribution is -0.0147. The van der Waals surface area contributed by atoms with Crippen LogP contribution in [0.25, 0.3) is 22.3 Å². The lowest BCUT2D eigenvalue weighted by Gasteiger charge is -2.21. The molecule has 0 aromatic heterocycles. The Kier molecular flexibility index (Phi) is 14.7. The van der Waals surface area contributed by atoms with Gasteiger partial charge in [-0.2, -0.15) is 0 Å². The number of benzene rings is 3. The summed E-state index contributed by atoms with van der Waals surface area (Å²) < 4.78 is 103. The van der Waals surface area contributed by atoms with Gasteiger partial charge in [-0.1, -0.05) is 12.1 Å². The van der Waals surface area contributed by atoms with Gasteiger partial charge in [0, 0.05) is 0 Å². The van der Waals surface area contributed by atoms with Crippen molar-refractivity contribution in [3.8, 4) is 56.8 Å². The van der Waals surface area contributed by atoms with E-state index in [1.807, 2.05) is 24.3 Å². The maximum Gasteiger partial charge on any atom is 0.206 e. The van der Waals surface area contributed by atoms with Gasteiger partial charge in [-0.3, -0.25) is 0 Å². The zero-order chi connectivity index (χ0) is 42.1. The minimum Gasteiger partial charge on any atom is -0.463 e. The summed E-state index contributed by atoms with van der Waals surface area (Å²) in [5.41, 5.74) is 5.52. The topological polar surface area (TPSA) is 186 Å². The van der Waals surface area contributed by atoms with E-state index < -0.39 is 0 Å². The number of hydrogen-bond donors (Lipinski definition) is 0. The van der Waals surface area contributed by atoms with Gasteiger partial charge in [-0.25, -0.2) is 0 Å². The van der Waals surface area contributed by atoms with Crippen molar-refractivity contribution in [2.45, 2.75) is 50.5 Å². The quantitative estimate of drug-likeness (QED) is 0.0495. The first kappa shape index (κ1) is 43.2. The third kappa shape index (κ3) is 13.3. The van der Waals surface area contributed by atoms with Crippen molar-refractivity contribution in [2.24, 2.45) is 0 Å². The van der Waals surface area contributed by atoms with Crippen LogP contribution in [0.1, 0.15) is 11.1 Å². The fourth-order valence-corrected chi connectivity index (χ4v) is 6.31. The number of ether oxygens (including phenoxy) is 18. The molecule has 338 valence electrons. The molecule has 6 saturated heterocycles. The highest BCUT2D eigenvalue weighted by atomic mass is 16.7. The van der Waals surface area contributed by atoms with Crippen LogP contribution in [0.5, 0.6) is 34.5 Å². The Labute approximate surface area is 359 Å². The summed E-state index contributed by atoms with van der Waals surface area (Å²) in [6, 6.07) is 11.7. The molecule has 3 aromatic carbocycles. The van der Waals surface area contributed by atoms with Crippen molar-refractivity contribution in [1.82, 2.24) is 0 Å². The highest BCUT2D eigenvalue weighted by Crippen LogP contribution is 2.46. The lowest BCUT2D eigenvalue weighted by Crippen LogP contribution is -2.13. The molecule has 0 N–H and O–H groups in total. The fourth-order valence-electron chi connectivity index (χ4n) is 6.31. The first-order chi connectivity index (χ1) is 30.5. The van der Waals surface area contributed by atoms with E-state index in [4.69, 9.17) is 85.3 Å². The molecule has 3 aromatic rings. The number of hydrogen-bond acceptors (Lipinski definition) is 18. The Bertz CT molecular complexity index is 1700. The van der Waals surface area contributed by atoms with Gasteiger partial charge in [0.15, 0.2) is 63.8 Å². The standard InChI is InChI=1S/C44H54O18/c1-27-28(2)38(30-7-41(59-23-47-11-33-17-53-33)44(62-26-50-14-36-20-56-36)42(8-30)60-24-48-12-34-18-54-34)4-3-37(27)29-5-39(57-21-45-9-31-15-51-31)43(61-25-49-13-35-19-55-35)40(6-29)58-22-46-10-32-16-52-32/h3-8,31-36H,9-26H2,1-2H3. The maximum atomic E-state index is 6.21. The molecule has 0 radical (unpaired) electrons. The van der Waals surface area contributed by atoms with Crippen LogP contribution < -0.4 is 28.4 Å². The molecule has 6 aliphatic rings. The van der Waals surface area contributed by atoms with E-state index in [0.29, 0.717) is 114 Å². The van der Waals surface area contributed by atoms with Crippen molar-refractivity contribution < 1.29 is 85.3 Å². The van der Waals surface area contributed by atoms with E-state index in [1.165, 1.54) is 0 Å². The minimum absolute atomic E-state index is 0.0310. The Balaban J connectivity index is 0.998. The molecular formula is C44H54O18. The van der Waals surface area contributed by atoms with Gasteiger partial charge in [-0.15, -0.1) is 0 Å². The van der Waals surface area contributed by atoms with Crippen LogP contribution in [-0.2, 0) is 56.8 Å². The predicted molar refractivity (Wildman–Crippen MR) is 214 cm³/mol. The average Bonchev–Trinajstić information content (AvgIpc) is 4.04. The second-order valence-corrected chi connectivity index (χ2v) is 15.5. The Morgan fingerprint density at radius 3 is 0.823 bits per heavy atom. The molecule has 18 heteroatoms. The van der Waals surface area contributed by atoms with Gasteiger partial charge in [0.05, 0.1) is 79.3 Å². The summed E-state index contributed by atoms with van der Waals surface area (Å²) >= 11 is 0. The second-order valence-electron chi connectivity index (χ2n) is 15.5. The molecule has 6 fully saturated rings. The van der Waals surface area contributed by atoms with Crippen LogP contribution in [0.15, 0.2) is 36.4 Å². The van der Waals surface area contributed by atoms with E-state index in [9.17, 15) is 0 Å². The summed E-state index contributed by atoms with van der Waals surface area (Å²) in [6.07, 6.45) is 0.482. The van der Waals surface area contributed by atoms with Crippen LogP contribution >= 0.6 is 0 Å². The molecule has 62 heavy (non-hydrogen) atoms. The molecule has 0 spiro atoms. The van der Waals surface area contributed by atoms with Gasteiger partial charge in [0.1, 0.15) is 36.6 Å². The predicted octanol–water partition coefficient (Wildman–Crippen LogP) is 4.15. The van der Waals surface area contributed by atoms with Gasteiger partial charge >= 0.3 is 0 Å². The van der Waals surface area contributed by atoms with Crippen LogP contribution in [-0.4, -0.2) is 157 Å². The summed E-state index contributed by atoms with van der Waals surface area (Å²) in [7, 11) is 0. The number of rotatable bonds is 32. The molecule has 6 aliphatic heterocycles. The van der Waals surface area contributed by atoms with Gasteiger partial charge in [0.2, 0.25) is 11.5 Å². The summed E-state index contributed by atoms with van der Waals surface area (Å²) in [5, 5.41) is 0. The van der Waals surface area contributed by atoms with E-state index in [-0.39, 0.29) is 77.4 Å². The van der Waals surface area contributed by atoms with E-state index in [2.05, 4.69) is 26.0 Å². The Morgan fingerprint density at radius 1 is 0.371 bits per heavy atom. The van der Waals surface area contributed by atoms with Crippen LogP contribution in [0, 0.1) is 13.8 Å². The average molecular weight is 871 g/mol. The zero-order valence-corrected chi connectivity index (χ0v) is 35.0. The highest BCUT2D eigenvalue weighted by molar-refractivity contribution is 5.81. The number of epoxide rings is 6. The minimum atomic E-state index is -0.0435. The highest BCUT2D eigenvalue weighted by Gasteiger charge is 2.28. The fraction of sp³-hybridized carbons (Fsp3) is 0.591. The van der Waals surface area contributed by atoms with Crippen molar-refractivity contribution in [3.63, 3.8) is 0 Å². The third-order valence-electron chi connectivity index (χ3n) is 10.5. The Morgan fingerprint density at radius 2 is 0.597 bits per heavy atom. The van der Waals surface area contributed by atoms with E-state index >= 15 is 0 Å². The lowest BCUT2D eigenvalue weighted by atomic mass is 9.90. The molecular weight excluding hydrogens is 816 g/mol. The van der Waals surface area contributed by atoms with Gasteiger partial charge in [0.25, 0.3) is 0 Å². The van der Waals surface area contributed by atoms with E-state index in [1.54, 1.807) is 0 Å². The molecule has 6 heterocycles. The third-order valence-corrected chi connectivity index (χ3v) is 10.5. The van der Waals surface area contributed by atoms with Crippen LogP contribution in [0.2, 0.25) is 0 Å². The van der Waals surface area contributed by atoms with Crippen molar-refractivity contribution >= 4 is 0 Å². The zero-order valence-electron chi connectivity index (χ0n) is 35.0. The van der Waals surface area contributed by atoms with Crippen LogP contribution in [0.3, 0.4) is 0 Å². The molecule has 9 rings (SSSR count). The molecule has 0 aliphatic carbocycles. The molecule has 0 saturated carbocycles. The molecule has 18 nitrogen and oxygen atoms in total. The maximum absolute atomic E-state index is 6.21. The SMILES string of the molecule is Cc1c(-c2cc(OCOCC3CO3)c(OCOCC3CO3)c(OCOCC3CO3)c2)ccc(-c2cc(OCOCC3CO3)c(OCOCC3CO3)c(OCOCC3CO3)c2)c1C. The van der Waals surface area contributed by atoms with Crippen molar-refractivity contribution in [3.05, 3.63) is 47.5 Å². The van der Waals surface area contributed by atoms with Gasteiger partial charge < -0.3 is 85.3 Å². The largest absolute Gasteiger partial charge is 0.463 e. The van der Waals surface area contributed by atoms with Crippen LogP contribution in [0.4, 0.5) is 0 Å². The molecule has 6 unspecified atom stereocenters. The summed E-state index contributed by atoms with van der Waals surface area (Å²) in [6.45, 7) is 10.5. The smallest absolute Gasteiger partial charge is 0.206 e. The Hall–Kier alpha value is -4.02. The molecule has 0 bridgehead atoms. The summed E-state index contributed by atoms with van der Waals surface area (Å²) in [4.78, 5) is 0. The monoisotopic (exact) mass is 870 g/mol. The first-order valence-electron chi connectivity index (χ1n) is 20.9. The van der Waals surface area contributed by atoms with Crippen molar-refractivity contribution in [1.29, 1.82) is 0 Å². The molecule has 0 amide bonds. The normalized spacial score (nSPS) is 23.7. The molecule has 6 atom stereocenters. The van der Waals surface area contributed by atoms with E-state index in [0.717, 1.165) is 33.4 Å². The van der Waals surface area contributed by atoms with Gasteiger partial charge in [-0.05, 0) is 71.5 Å². The first-order valence-corrected chi connectivity index (χ1v) is 20.9. The summed E-state index contributed by atoms with van der Waals surface area (Å²) in [5.74, 6) is 2.34. The second kappa shape index (κ2) is 21.1. The van der Waals surface area contributed by atoms with Crippen molar-refractivity contribution in [2.75, 3.05) is 120 Å².